The van der Waals surface area contributed by atoms with Crippen molar-refractivity contribution in [1.29, 1.82) is 0 Å². The lowest BCUT2D eigenvalue weighted by atomic mass is 10.0. The Morgan fingerprint density at radius 2 is 1.96 bits per heavy atom. The quantitative estimate of drug-likeness (QED) is 0.498. The Morgan fingerprint density at radius 1 is 1.19 bits per heavy atom. The summed E-state index contributed by atoms with van der Waals surface area (Å²) < 4.78 is 7.74. The third kappa shape index (κ3) is 7.06. The molecule has 0 amide bonds. The zero-order valence-corrected chi connectivity index (χ0v) is 17.0. The average molecular weight is 372 g/mol. The van der Waals surface area contributed by atoms with Crippen LogP contribution in [0.5, 0.6) is 0 Å². The number of nitrogens with zero attached hydrogens (tertiary/aromatic N) is 3. The molecule has 0 radical (unpaired) electrons. The van der Waals surface area contributed by atoms with E-state index >= 15 is 0 Å². The highest BCUT2D eigenvalue weighted by Gasteiger charge is 2.13. The normalized spacial score (nSPS) is 13.0. The zero-order chi connectivity index (χ0) is 19.5. The summed E-state index contributed by atoms with van der Waals surface area (Å²) in [4.78, 5) is 4.33. The summed E-state index contributed by atoms with van der Waals surface area (Å²) in [6.45, 7) is 9.51. The minimum Gasteiger partial charge on any atom is -0.378 e. The second-order valence-electron chi connectivity index (χ2n) is 6.85. The Bertz CT molecular complexity index is 682. The van der Waals surface area contributed by atoms with E-state index in [-0.39, 0.29) is 6.10 Å². The van der Waals surface area contributed by atoms with Gasteiger partial charge in [0.25, 0.3) is 0 Å². The van der Waals surface area contributed by atoms with E-state index in [4.69, 9.17) is 4.74 Å². The molecular formula is C21H33N5O. The summed E-state index contributed by atoms with van der Waals surface area (Å²) in [5, 5.41) is 11.1. The van der Waals surface area contributed by atoms with Crippen LogP contribution in [0.4, 0.5) is 0 Å². The van der Waals surface area contributed by atoms with Gasteiger partial charge in [-0.25, -0.2) is 0 Å². The van der Waals surface area contributed by atoms with Crippen LogP contribution in [0.2, 0.25) is 0 Å². The maximum atomic E-state index is 5.81. The predicted molar refractivity (Wildman–Crippen MR) is 111 cm³/mol. The molecule has 1 atom stereocenters. The van der Waals surface area contributed by atoms with Crippen molar-refractivity contribution in [3.63, 3.8) is 0 Å². The van der Waals surface area contributed by atoms with Crippen LogP contribution in [0.15, 0.2) is 47.7 Å². The van der Waals surface area contributed by atoms with Gasteiger partial charge in [-0.2, -0.15) is 5.10 Å². The number of nitrogens with one attached hydrogen (secondary N) is 2. The van der Waals surface area contributed by atoms with E-state index in [1.165, 1.54) is 11.1 Å². The summed E-state index contributed by atoms with van der Waals surface area (Å²) in [6, 6.07) is 10.4. The molecule has 1 aromatic heterocycles. The highest BCUT2D eigenvalue weighted by atomic mass is 16.5. The third-order valence-corrected chi connectivity index (χ3v) is 4.53. The number of guanidine groups is 1. The van der Waals surface area contributed by atoms with E-state index < -0.39 is 0 Å². The molecule has 148 valence electrons. The average Bonchev–Trinajstić information content (AvgIpc) is 3.17. The van der Waals surface area contributed by atoms with Gasteiger partial charge in [0.15, 0.2) is 5.96 Å². The van der Waals surface area contributed by atoms with Crippen LogP contribution in [0.25, 0.3) is 0 Å². The molecule has 1 unspecified atom stereocenters. The molecule has 0 bridgehead atoms. The van der Waals surface area contributed by atoms with Crippen LogP contribution in [-0.2, 0) is 17.8 Å². The molecular weight excluding hydrogens is 338 g/mol. The maximum Gasteiger partial charge on any atom is 0.191 e. The lowest BCUT2D eigenvalue weighted by Gasteiger charge is -2.21. The van der Waals surface area contributed by atoms with Gasteiger partial charge >= 0.3 is 0 Å². The summed E-state index contributed by atoms with van der Waals surface area (Å²) in [5.41, 5.74) is 2.49. The number of hydrogen-bond acceptors (Lipinski definition) is 3. The van der Waals surface area contributed by atoms with Gasteiger partial charge in [0, 0.05) is 39.1 Å². The second-order valence-corrected chi connectivity index (χ2v) is 6.85. The largest absolute Gasteiger partial charge is 0.378 e. The van der Waals surface area contributed by atoms with Gasteiger partial charge in [0.2, 0.25) is 0 Å². The molecule has 0 aliphatic rings. The van der Waals surface area contributed by atoms with Crippen LogP contribution in [0.3, 0.4) is 0 Å². The van der Waals surface area contributed by atoms with Crippen LogP contribution >= 0.6 is 0 Å². The molecule has 0 aliphatic heterocycles. The van der Waals surface area contributed by atoms with Crippen LogP contribution in [0, 0.1) is 5.92 Å². The van der Waals surface area contributed by atoms with Crippen molar-refractivity contribution in [1.82, 2.24) is 20.4 Å². The van der Waals surface area contributed by atoms with Crippen molar-refractivity contribution in [2.45, 2.75) is 46.4 Å². The molecule has 2 aromatic rings. The number of rotatable bonds is 10. The monoisotopic (exact) mass is 371 g/mol. The topological polar surface area (TPSA) is 63.5 Å². The fourth-order valence-corrected chi connectivity index (χ4v) is 3.01. The van der Waals surface area contributed by atoms with Gasteiger partial charge in [-0.3, -0.25) is 9.67 Å². The highest BCUT2D eigenvalue weighted by Crippen LogP contribution is 2.11. The molecule has 0 saturated heterocycles. The van der Waals surface area contributed by atoms with Gasteiger partial charge in [-0.1, -0.05) is 38.1 Å². The van der Waals surface area contributed by atoms with E-state index in [1.807, 2.05) is 23.9 Å². The number of aromatic nitrogens is 2. The highest BCUT2D eigenvalue weighted by molar-refractivity contribution is 5.79. The van der Waals surface area contributed by atoms with E-state index in [9.17, 15) is 0 Å². The van der Waals surface area contributed by atoms with Crippen molar-refractivity contribution in [3.05, 3.63) is 53.9 Å². The Labute approximate surface area is 163 Å². The lowest BCUT2D eigenvalue weighted by molar-refractivity contribution is 0.0258. The summed E-state index contributed by atoms with van der Waals surface area (Å²) in [6.07, 6.45) is 5.02. The first-order valence-electron chi connectivity index (χ1n) is 9.74. The van der Waals surface area contributed by atoms with Crippen LogP contribution < -0.4 is 10.6 Å². The van der Waals surface area contributed by atoms with Gasteiger partial charge in [-0.15, -0.1) is 0 Å². The molecule has 27 heavy (non-hydrogen) atoms. The number of benzene rings is 1. The third-order valence-electron chi connectivity index (χ3n) is 4.53. The molecule has 6 nitrogen and oxygen atoms in total. The van der Waals surface area contributed by atoms with Crippen LogP contribution in [0.1, 0.15) is 38.3 Å². The fraction of sp³-hybridized carbons (Fsp3) is 0.524. The maximum absolute atomic E-state index is 5.81. The molecule has 2 rings (SSSR count). The summed E-state index contributed by atoms with van der Waals surface area (Å²) >= 11 is 0. The van der Waals surface area contributed by atoms with E-state index in [2.05, 4.69) is 58.8 Å². The first kappa shape index (κ1) is 21.0. The molecule has 1 aromatic carbocycles. The molecule has 0 fully saturated rings. The Hall–Kier alpha value is -2.34. The molecule has 2 N–H and O–H groups in total. The minimum atomic E-state index is 0.274. The Kier molecular flexibility index (Phi) is 8.84. The Morgan fingerprint density at radius 3 is 2.59 bits per heavy atom. The summed E-state index contributed by atoms with van der Waals surface area (Å²) in [5.74, 6) is 1.32. The van der Waals surface area contributed by atoms with Crippen molar-refractivity contribution in [3.8, 4) is 0 Å². The van der Waals surface area contributed by atoms with Gasteiger partial charge < -0.3 is 15.4 Å². The predicted octanol–water partition coefficient (Wildman–Crippen LogP) is 3.05. The standard InChI is InChI=1S/C21H33N5O/c1-5-27-20(17(2)3)11-13-23-21(22-4)24-15-18-9-6-7-10-19(18)16-26-14-8-12-25-26/h6-10,12,14,17,20H,5,11,13,15-16H2,1-4H3,(H2,22,23,24). The minimum absolute atomic E-state index is 0.274. The van der Waals surface area contributed by atoms with E-state index in [0.717, 1.165) is 38.6 Å². The van der Waals surface area contributed by atoms with Crippen molar-refractivity contribution < 1.29 is 4.74 Å². The van der Waals surface area contributed by atoms with Gasteiger partial charge in [0.05, 0.1) is 12.6 Å². The van der Waals surface area contributed by atoms with E-state index in [1.54, 1.807) is 13.2 Å². The molecule has 0 spiro atoms. The molecule has 1 heterocycles. The van der Waals surface area contributed by atoms with Crippen LogP contribution in [-0.4, -0.2) is 42.0 Å². The van der Waals surface area contributed by atoms with E-state index in [0.29, 0.717) is 5.92 Å². The zero-order valence-electron chi connectivity index (χ0n) is 17.0. The first-order chi connectivity index (χ1) is 13.1. The first-order valence-corrected chi connectivity index (χ1v) is 9.74. The lowest BCUT2D eigenvalue weighted by Crippen LogP contribution is -2.39. The molecule has 0 saturated carbocycles. The second kappa shape index (κ2) is 11.4. The van der Waals surface area contributed by atoms with Gasteiger partial charge in [0.1, 0.15) is 0 Å². The number of ether oxygens (including phenoxy) is 1. The van der Waals surface area contributed by atoms with Crippen molar-refractivity contribution in [2.75, 3.05) is 20.2 Å². The SMILES string of the molecule is CCOC(CCNC(=NC)NCc1ccccc1Cn1cccn1)C(C)C. The number of aliphatic imine (C=N–C) groups is 1. The fourth-order valence-electron chi connectivity index (χ4n) is 3.01. The van der Waals surface area contributed by atoms with Crippen molar-refractivity contribution in [2.24, 2.45) is 10.9 Å². The Balaban J connectivity index is 1.85. The smallest absolute Gasteiger partial charge is 0.191 e. The summed E-state index contributed by atoms with van der Waals surface area (Å²) in [7, 11) is 1.80. The molecule has 6 heteroatoms. The van der Waals surface area contributed by atoms with Gasteiger partial charge in [-0.05, 0) is 36.5 Å². The van der Waals surface area contributed by atoms with Crippen molar-refractivity contribution >= 4 is 5.96 Å². The number of hydrogen-bond donors (Lipinski definition) is 2. The molecule has 0 aliphatic carbocycles.